The van der Waals surface area contributed by atoms with Gasteiger partial charge in [-0.15, -0.1) is 0 Å². The van der Waals surface area contributed by atoms with E-state index in [1.54, 1.807) is 6.92 Å². The van der Waals surface area contributed by atoms with Gasteiger partial charge in [0, 0.05) is 5.92 Å². The zero-order valence-corrected chi connectivity index (χ0v) is 10.6. The lowest BCUT2D eigenvalue weighted by atomic mass is 9.74. The molecule has 0 spiro atoms. The van der Waals surface area contributed by atoms with Crippen LogP contribution in [0, 0.1) is 5.92 Å². The first kappa shape index (κ1) is 13.1. The van der Waals surface area contributed by atoms with Gasteiger partial charge in [-0.1, -0.05) is 30.3 Å². The van der Waals surface area contributed by atoms with Crippen LogP contribution in [0.15, 0.2) is 30.3 Å². The van der Waals surface area contributed by atoms with Crippen LogP contribution in [0.3, 0.4) is 0 Å². The molecule has 2 rings (SSSR count). The first-order chi connectivity index (χ1) is 8.74. The standard InChI is InChI=1S/C15H19FO2/c1-2-18-15(17)12-9-6-10-13(16)14(12)11-7-4-3-5-8-11/h3-5,7-8,12-14H,2,6,9-10H2,1H3/t12-,13-,14-/m1/s1. The van der Waals surface area contributed by atoms with E-state index in [1.165, 1.54) is 0 Å². The van der Waals surface area contributed by atoms with Gasteiger partial charge in [0.25, 0.3) is 0 Å². The van der Waals surface area contributed by atoms with Crippen molar-refractivity contribution in [3.05, 3.63) is 35.9 Å². The molecule has 0 aromatic heterocycles. The maximum atomic E-state index is 14.2. The number of benzene rings is 1. The van der Waals surface area contributed by atoms with Crippen LogP contribution >= 0.6 is 0 Å². The van der Waals surface area contributed by atoms with E-state index < -0.39 is 6.17 Å². The van der Waals surface area contributed by atoms with E-state index in [-0.39, 0.29) is 17.8 Å². The summed E-state index contributed by atoms with van der Waals surface area (Å²) in [6.45, 7) is 2.14. The highest BCUT2D eigenvalue weighted by atomic mass is 19.1. The number of rotatable bonds is 3. The molecule has 0 saturated heterocycles. The van der Waals surface area contributed by atoms with Gasteiger partial charge in [0.2, 0.25) is 0 Å². The van der Waals surface area contributed by atoms with Crippen LogP contribution in [0.4, 0.5) is 4.39 Å². The number of carbonyl (C=O) groups excluding carboxylic acids is 1. The maximum Gasteiger partial charge on any atom is 0.309 e. The highest BCUT2D eigenvalue weighted by Gasteiger charge is 2.39. The molecular weight excluding hydrogens is 231 g/mol. The third-order valence-corrected chi connectivity index (χ3v) is 3.59. The highest BCUT2D eigenvalue weighted by molar-refractivity contribution is 5.74. The monoisotopic (exact) mass is 250 g/mol. The van der Waals surface area contributed by atoms with Gasteiger partial charge in [-0.05, 0) is 31.7 Å². The van der Waals surface area contributed by atoms with E-state index in [4.69, 9.17) is 4.74 Å². The Morgan fingerprint density at radius 2 is 2.06 bits per heavy atom. The first-order valence-electron chi connectivity index (χ1n) is 6.59. The molecule has 3 atom stereocenters. The molecule has 0 N–H and O–H groups in total. The first-order valence-corrected chi connectivity index (χ1v) is 6.59. The highest BCUT2D eigenvalue weighted by Crippen LogP contribution is 2.40. The fourth-order valence-corrected chi connectivity index (χ4v) is 2.77. The Morgan fingerprint density at radius 1 is 1.33 bits per heavy atom. The van der Waals surface area contributed by atoms with Crippen LogP contribution in [0.1, 0.15) is 37.7 Å². The zero-order chi connectivity index (χ0) is 13.0. The lowest BCUT2D eigenvalue weighted by Crippen LogP contribution is -2.34. The quantitative estimate of drug-likeness (QED) is 0.768. The summed E-state index contributed by atoms with van der Waals surface area (Å²) in [7, 11) is 0. The lowest BCUT2D eigenvalue weighted by molar-refractivity contribution is -0.150. The van der Waals surface area contributed by atoms with Gasteiger partial charge in [-0.25, -0.2) is 4.39 Å². The molecule has 0 bridgehead atoms. The molecule has 1 aromatic carbocycles. The third kappa shape index (κ3) is 2.71. The smallest absolute Gasteiger partial charge is 0.309 e. The number of halogens is 1. The number of hydrogen-bond donors (Lipinski definition) is 0. The second kappa shape index (κ2) is 5.98. The lowest BCUT2D eigenvalue weighted by Gasteiger charge is -2.33. The predicted molar refractivity (Wildman–Crippen MR) is 68.1 cm³/mol. The molecule has 98 valence electrons. The Labute approximate surface area is 107 Å². The van der Waals surface area contributed by atoms with E-state index in [2.05, 4.69) is 0 Å². The van der Waals surface area contributed by atoms with Gasteiger partial charge < -0.3 is 4.74 Å². The van der Waals surface area contributed by atoms with Crippen molar-refractivity contribution in [3.8, 4) is 0 Å². The van der Waals surface area contributed by atoms with Gasteiger partial charge in [-0.3, -0.25) is 4.79 Å². The van der Waals surface area contributed by atoms with Gasteiger partial charge in [0.15, 0.2) is 0 Å². The molecular formula is C15H19FO2. The van der Waals surface area contributed by atoms with Crippen LogP contribution in [0.25, 0.3) is 0 Å². The van der Waals surface area contributed by atoms with Crippen molar-refractivity contribution < 1.29 is 13.9 Å². The number of esters is 1. The molecule has 3 heteroatoms. The van der Waals surface area contributed by atoms with Crippen molar-refractivity contribution in [1.29, 1.82) is 0 Å². The third-order valence-electron chi connectivity index (χ3n) is 3.59. The van der Waals surface area contributed by atoms with E-state index >= 15 is 0 Å². The van der Waals surface area contributed by atoms with Crippen molar-refractivity contribution in [1.82, 2.24) is 0 Å². The van der Waals surface area contributed by atoms with Crippen LogP contribution in [-0.2, 0) is 9.53 Å². The molecule has 1 aromatic rings. The molecule has 1 saturated carbocycles. The summed E-state index contributed by atoms with van der Waals surface area (Å²) in [5, 5.41) is 0. The van der Waals surface area contributed by atoms with Gasteiger partial charge in [-0.2, -0.15) is 0 Å². The van der Waals surface area contributed by atoms with E-state index in [9.17, 15) is 9.18 Å². The number of ether oxygens (including phenoxy) is 1. The Hall–Kier alpha value is -1.38. The minimum absolute atomic E-state index is 0.256. The Morgan fingerprint density at radius 3 is 2.72 bits per heavy atom. The molecule has 0 heterocycles. The SMILES string of the molecule is CCOC(=O)[C@@H]1CCC[C@@H](F)[C@@H]1c1ccccc1. The second-order valence-electron chi connectivity index (χ2n) is 4.74. The van der Waals surface area contributed by atoms with Crippen molar-refractivity contribution in [3.63, 3.8) is 0 Å². The Balaban J connectivity index is 2.23. The Bertz CT molecular complexity index is 391. The van der Waals surface area contributed by atoms with Crippen LogP contribution in [0.5, 0.6) is 0 Å². The fourth-order valence-electron chi connectivity index (χ4n) is 2.77. The molecule has 0 radical (unpaired) electrons. The molecule has 1 aliphatic carbocycles. The maximum absolute atomic E-state index is 14.2. The number of alkyl halides is 1. The van der Waals surface area contributed by atoms with Gasteiger partial charge in [0.1, 0.15) is 6.17 Å². The Kier molecular flexibility index (Phi) is 4.34. The second-order valence-corrected chi connectivity index (χ2v) is 4.74. The molecule has 18 heavy (non-hydrogen) atoms. The summed E-state index contributed by atoms with van der Waals surface area (Å²) in [4.78, 5) is 11.9. The van der Waals surface area contributed by atoms with Crippen LogP contribution in [0.2, 0.25) is 0 Å². The van der Waals surface area contributed by atoms with Gasteiger partial charge >= 0.3 is 5.97 Å². The summed E-state index contributed by atoms with van der Waals surface area (Å²) in [6, 6.07) is 9.47. The van der Waals surface area contributed by atoms with Crippen molar-refractivity contribution >= 4 is 5.97 Å². The fraction of sp³-hybridized carbons (Fsp3) is 0.533. The van der Waals surface area contributed by atoms with Crippen molar-refractivity contribution in [2.24, 2.45) is 5.92 Å². The number of carbonyl (C=O) groups is 1. The summed E-state index contributed by atoms with van der Waals surface area (Å²) < 4.78 is 19.3. The predicted octanol–water partition coefficient (Wildman–Crippen LogP) is 3.47. The minimum Gasteiger partial charge on any atom is -0.466 e. The molecule has 1 aliphatic rings. The largest absolute Gasteiger partial charge is 0.466 e. The van der Waals surface area contributed by atoms with Crippen molar-refractivity contribution in [2.75, 3.05) is 6.61 Å². The van der Waals surface area contributed by atoms with E-state index in [0.717, 1.165) is 18.4 Å². The van der Waals surface area contributed by atoms with E-state index in [0.29, 0.717) is 13.0 Å². The summed E-state index contributed by atoms with van der Waals surface area (Å²) in [5.74, 6) is -0.941. The van der Waals surface area contributed by atoms with Crippen molar-refractivity contribution in [2.45, 2.75) is 38.3 Å². The molecule has 0 unspecified atom stereocenters. The summed E-state index contributed by atoms with van der Waals surface area (Å²) >= 11 is 0. The topological polar surface area (TPSA) is 26.3 Å². The summed E-state index contributed by atoms with van der Waals surface area (Å²) in [6.07, 6.45) is 1.07. The molecule has 0 amide bonds. The van der Waals surface area contributed by atoms with Crippen LogP contribution < -0.4 is 0 Å². The van der Waals surface area contributed by atoms with Crippen LogP contribution in [-0.4, -0.2) is 18.7 Å². The summed E-state index contributed by atoms with van der Waals surface area (Å²) in [5.41, 5.74) is 0.905. The number of hydrogen-bond acceptors (Lipinski definition) is 2. The zero-order valence-electron chi connectivity index (χ0n) is 10.6. The average Bonchev–Trinajstić information content (AvgIpc) is 2.39. The molecule has 2 nitrogen and oxygen atoms in total. The normalized spacial score (nSPS) is 27.8. The minimum atomic E-state index is -0.949. The average molecular weight is 250 g/mol. The molecule has 1 fully saturated rings. The van der Waals surface area contributed by atoms with E-state index in [1.807, 2.05) is 30.3 Å². The molecule has 0 aliphatic heterocycles. The van der Waals surface area contributed by atoms with Gasteiger partial charge in [0.05, 0.1) is 12.5 Å².